The molecule has 1 N–H and O–H groups in total. The highest BCUT2D eigenvalue weighted by atomic mass is 16.5. The van der Waals surface area contributed by atoms with Crippen LogP contribution in [0.4, 0.5) is 5.69 Å². The molecule has 29 heavy (non-hydrogen) atoms. The van der Waals surface area contributed by atoms with Crippen molar-refractivity contribution in [1.29, 1.82) is 0 Å². The number of ether oxygens (including phenoxy) is 1. The van der Waals surface area contributed by atoms with Crippen LogP contribution in [0.3, 0.4) is 0 Å². The summed E-state index contributed by atoms with van der Waals surface area (Å²) in [5.41, 5.74) is 1.43. The average molecular weight is 387 g/mol. The molecule has 0 fully saturated rings. The van der Waals surface area contributed by atoms with Crippen LogP contribution in [0.2, 0.25) is 0 Å². The van der Waals surface area contributed by atoms with Crippen molar-refractivity contribution in [2.24, 2.45) is 0 Å². The Morgan fingerprint density at radius 2 is 1.90 bits per heavy atom. The number of carbonyl (C=O) groups excluding carboxylic acids is 2. The number of nitrogens with one attached hydrogen (secondary N) is 1. The zero-order valence-corrected chi connectivity index (χ0v) is 15.6. The molecule has 6 heteroatoms. The third-order valence-corrected chi connectivity index (χ3v) is 4.58. The lowest BCUT2D eigenvalue weighted by Crippen LogP contribution is -2.07. The van der Waals surface area contributed by atoms with Gasteiger partial charge in [-0.15, -0.1) is 0 Å². The van der Waals surface area contributed by atoms with Gasteiger partial charge < -0.3 is 14.5 Å². The van der Waals surface area contributed by atoms with E-state index in [9.17, 15) is 14.4 Å². The van der Waals surface area contributed by atoms with Crippen molar-refractivity contribution in [3.63, 3.8) is 0 Å². The highest BCUT2D eigenvalue weighted by Crippen LogP contribution is 2.28. The predicted molar refractivity (Wildman–Crippen MR) is 110 cm³/mol. The Kier molecular flexibility index (Phi) is 4.83. The Bertz CT molecular complexity index is 1310. The molecule has 4 aromatic rings. The Morgan fingerprint density at radius 1 is 1.07 bits per heavy atom. The lowest BCUT2D eigenvalue weighted by Gasteiger charge is -2.12. The molecule has 0 unspecified atom stereocenters. The Labute approximate surface area is 165 Å². The fourth-order valence-electron chi connectivity index (χ4n) is 3.31. The second-order valence-electron chi connectivity index (χ2n) is 6.59. The maximum Gasteiger partial charge on any atom is 0.336 e. The number of aldehydes is 1. The number of fused-ring (bicyclic) bond motifs is 2. The van der Waals surface area contributed by atoms with Gasteiger partial charge in [-0.3, -0.25) is 9.59 Å². The summed E-state index contributed by atoms with van der Waals surface area (Å²) in [6, 6.07) is 17.6. The number of carbonyl (C=O) groups is 2. The third-order valence-electron chi connectivity index (χ3n) is 4.58. The van der Waals surface area contributed by atoms with Gasteiger partial charge in [-0.1, -0.05) is 30.3 Å². The molecule has 0 saturated heterocycles. The van der Waals surface area contributed by atoms with E-state index >= 15 is 0 Å². The van der Waals surface area contributed by atoms with E-state index in [1.807, 2.05) is 30.3 Å². The number of amides is 1. The number of hydrogen-bond acceptors (Lipinski definition) is 5. The third kappa shape index (κ3) is 3.73. The first-order valence-electron chi connectivity index (χ1n) is 8.99. The summed E-state index contributed by atoms with van der Waals surface area (Å²) in [6.45, 7) is 1.49. The number of hydrogen-bond donors (Lipinski definition) is 1. The second kappa shape index (κ2) is 7.59. The van der Waals surface area contributed by atoms with Crippen LogP contribution in [0, 0.1) is 0 Å². The van der Waals surface area contributed by atoms with Gasteiger partial charge in [-0.25, -0.2) is 4.79 Å². The summed E-state index contributed by atoms with van der Waals surface area (Å²) >= 11 is 0. The molecule has 0 saturated carbocycles. The first kappa shape index (κ1) is 18.4. The summed E-state index contributed by atoms with van der Waals surface area (Å²) in [7, 11) is 0. The van der Waals surface area contributed by atoms with E-state index in [2.05, 4.69) is 5.32 Å². The molecule has 0 spiro atoms. The fraction of sp³-hybridized carbons (Fsp3) is 0.0870. The Balaban J connectivity index is 1.70. The highest BCUT2D eigenvalue weighted by Gasteiger charge is 2.11. The van der Waals surface area contributed by atoms with E-state index in [1.165, 1.54) is 13.0 Å². The number of anilines is 1. The van der Waals surface area contributed by atoms with Gasteiger partial charge in [0.1, 0.15) is 17.9 Å². The summed E-state index contributed by atoms with van der Waals surface area (Å²) in [4.78, 5) is 34.9. The van der Waals surface area contributed by atoms with E-state index in [1.54, 1.807) is 24.3 Å². The SMILES string of the molecule is CC(=O)Nc1ccc2c(COc3ccc4ccccc4c3C=O)cc(=O)oc2c1. The molecule has 0 aliphatic heterocycles. The van der Waals surface area contributed by atoms with Crippen LogP contribution >= 0.6 is 0 Å². The van der Waals surface area contributed by atoms with Crippen LogP contribution in [0.1, 0.15) is 22.8 Å². The molecule has 1 aromatic heterocycles. The van der Waals surface area contributed by atoms with E-state index in [4.69, 9.17) is 9.15 Å². The molecule has 6 nitrogen and oxygen atoms in total. The van der Waals surface area contributed by atoms with Crippen molar-refractivity contribution in [3.8, 4) is 5.75 Å². The van der Waals surface area contributed by atoms with Crippen LogP contribution in [-0.2, 0) is 11.4 Å². The topological polar surface area (TPSA) is 85.6 Å². The second-order valence-corrected chi connectivity index (χ2v) is 6.59. The number of benzene rings is 3. The molecule has 3 aromatic carbocycles. The average Bonchev–Trinajstić information content (AvgIpc) is 2.70. The maximum absolute atomic E-state index is 12.0. The van der Waals surface area contributed by atoms with Gasteiger partial charge in [0.2, 0.25) is 5.91 Å². The van der Waals surface area contributed by atoms with Gasteiger partial charge >= 0.3 is 5.63 Å². The molecule has 0 bridgehead atoms. The van der Waals surface area contributed by atoms with Crippen LogP contribution in [0.15, 0.2) is 69.9 Å². The van der Waals surface area contributed by atoms with Crippen LogP contribution < -0.4 is 15.7 Å². The Hall–Kier alpha value is -3.93. The predicted octanol–water partition coefficient (Wildman–Crippen LogP) is 4.30. The molecule has 0 atom stereocenters. The van der Waals surface area contributed by atoms with Gasteiger partial charge in [0, 0.05) is 35.7 Å². The lowest BCUT2D eigenvalue weighted by molar-refractivity contribution is -0.114. The minimum atomic E-state index is -0.523. The van der Waals surface area contributed by atoms with Gasteiger partial charge in [-0.05, 0) is 29.0 Å². The lowest BCUT2D eigenvalue weighted by atomic mass is 10.0. The molecule has 0 radical (unpaired) electrons. The summed E-state index contributed by atoms with van der Waals surface area (Å²) in [5, 5.41) is 5.09. The van der Waals surface area contributed by atoms with Crippen molar-refractivity contribution in [3.05, 3.63) is 82.2 Å². The van der Waals surface area contributed by atoms with Crippen molar-refractivity contribution < 1.29 is 18.7 Å². The van der Waals surface area contributed by atoms with Gasteiger partial charge in [-0.2, -0.15) is 0 Å². The van der Waals surface area contributed by atoms with Crippen LogP contribution in [0.5, 0.6) is 5.75 Å². The first-order chi connectivity index (χ1) is 14.0. The molecule has 1 heterocycles. The first-order valence-corrected chi connectivity index (χ1v) is 8.99. The summed E-state index contributed by atoms with van der Waals surface area (Å²) in [5.74, 6) is 0.221. The van der Waals surface area contributed by atoms with Crippen molar-refractivity contribution in [1.82, 2.24) is 0 Å². The Morgan fingerprint density at radius 3 is 2.69 bits per heavy atom. The fourth-order valence-corrected chi connectivity index (χ4v) is 3.31. The molecule has 1 amide bonds. The van der Waals surface area contributed by atoms with Crippen molar-refractivity contribution in [2.75, 3.05) is 5.32 Å². The van der Waals surface area contributed by atoms with Gasteiger partial charge in [0.05, 0.1) is 5.56 Å². The molecular formula is C23H17NO5. The maximum atomic E-state index is 12.0. The minimum Gasteiger partial charge on any atom is -0.488 e. The summed E-state index contributed by atoms with van der Waals surface area (Å²) in [6.07, 6.45) is 0.773. The highest BCUT2D eigenvalue weighted by molar-refractivity contribution is 6.00. The quantitative estimate of drug-likeness (QED) is 0.408. The van der Waals surface area contributed by atoms with Gasteiger partial charge in [0.25, 0.3) is 0 Å². The van der Waals surface area contributed by atoms with Crippen LogP contribution in [-0.4, -0.2) is 12.2 Å². The normalized spacial score (nSPS) is 10.8. The van der Waals surface area contributed by atoms with E-state index in [0.29, 0.717) is 33.5 Å². The molecule has 4 rings (SSSR count). The summed E-state index contributed by atoms with van der Waals surface area (Å²) < 4.78 is 11.2. The monoisotopic (exact) mass is 387 g/mol. The molecule has 0 aliphatic carbocycles. The molecule has 144 valence electrons. The van der Waals surface area contributed by atoms with Crippen LogP contribution in [0.25, 0.3) is 21.7 Å². The zero-order valence-electron chi connectivity index (χ0n) is 15.6. The van der Waals surface area contributed by atoms with Crippen molar-refractivity contribution >= 4 is 39.6 Å². The minimum absolute atomic E-state index is 0.0841. The molecular weight excluding hydrogens is 370 g/mol. The standard InChI is InChI=1S/C23H17NO5/c1-14(26)24-17-7-8-19-16(10-23(27)29-22(19)11-17)13-28-21-9-6-15-4-2-3-5-18(15)20(21)12-25/h2-12H,13H2,1H3,(H,24,26). The number of rotatable bonds is 5. The zero-order chi connectivity index (χ0) is 20.4. The largest absolute Gasteiger partial charge is 0.488 e. The smallest absolute Gasteiger partial charge is 0.336 e. The van der Waals surface area contributed by atoms with Gasteiger partial charge in [0.15, 0.2) is 6.29 Å². The molecule has 0 aliphatic rings. The van der Waals surface area contributed by atoms with E-state index < -0.39 is 5.63 Å². The van der Waals surface area contributed by atoms with E-state index in [0.717, 1.165) is 17.1 Å². The van der Waals surface area contributed by atoms with Crippen molar-refractivity contribution in [2.45, 2.75) is 13.5 Å². The van der Waals surface area contributed by atoms with E-state index in [-0.39, 0.29) is 12.5 Å².